The Balaban J connectivity index is 1.28. The first-order valence-corrected chi connectivity index (χ1v) is 13.9. The van der Waals surface area contributed by atoms with Crippen LogP contribution in [0.5, 0.6) is 17.2 Å². The number of rotatable bonds is 11. The number of hydrogen-bond donors (Lipinski definition) is 1. The highest BCUT2D eigenvalue weighted by Gasteiger charge is 2.37. The molecule has 1 fully saturated rings. The number of oxazole rings is 1. The number of hydrogen-bond acceptors (Lipinski definition) is 6. The van der Waals surface area contributed by atoms with Crippen LogP contribution in [0.25, 0.3) is 0 Å². The zero-order chi connectivity index (χ0) is 28.0. The number of carbonyl (C=O) groups is 1. The van der Waals surface area contributed by atoms with Gasteiger partial charge in [0.25, 0.3) is 0 Å². The molecule has 0 bridgehead atoms. The number of aryl methyl sites for hydroxylation is 1. The summed E-state index contributed by atoms with van der Waals surface area (Å²) in [5.74, 6) is 2.81. The predicted molar refractivity (Wildman–Crippen MR) is 150 cm³/mol. The summed E-state index contributed by atoms with van der Waals surface area (Å²) in [6.45, 7) is 10.2. The van der Waals surface area contributed by atoms with Gasteiger partial charge in [-0.1, -0.05) is 52.2 Å². The van der Waals surface area contributed by atoms with E-state index in [1.807, 2.05) is 31.2 Å². The van der Waals surface area contributed by atoms with Gasteiger partial charge in [-0.05, 0) is 74.1 Å². The summed E-state index contributed by atoms with van der Waals surface area (Å²) in [6, 6.07) is 14.6. The molecule has 1 heterocycles. The van der Waals surface area contributed by atoms with E-state index in [2.05, 4.69) is 20.8 Å². The molecule has 0 radical (unpaired) electrons. The van der Waals surface area contributed by atoms with Crippen LogP contribution in [0.1, 0.15) is 88.6 Å². The summed E-state index contributed by atoms with van der Waals surface area (Å²) in [7, 11) is 0. The molecule has 0 aliphatic heterocycles. The standard InChI is InChI=1S/C32H41NO6/c1-22-28(33-29(38-22)23-9-7-6-8-10-23)19-20-36-25-15-17-26(18-16-25)37-21-32(5,30(34)35)39-27-13-11-24(12-14-27)31(2,3)4/h11-18,23H,6-10,19-21H2,1-5H3,(H,34,35). The molecule has 39 heavy (non-hydrogen) atoms. The van der Waals surface area contributed by atoms with E-state index in [1.54, 1.807) is 24.3 Å². The lowest BCUT2D eigenvalue weighted by Gasteiger charge is -2.27. The molecule has 0 saturated heterocycles. The summed E-state index contributed by atoms with van der Waals surface area (Å²) in [6.07, 6.45) is 6.79. The topological polar surface area (TPSA) is 91.0 Å². The summed E-state index contributed by atoms with van der Waals surface area (Å²) >= 11 is 0. The second kappa shape index (κ2) is 12.1. The maximum Gasteiger partial charge on any atom is 0.351 e. The van der Waals surface area contributed by atoms with Crippen LogP contribution in [0, 0.1) is 6.92 Å². The summed E-state index contributed by atoms with van der Waals surface area (Å²) in [5, 5.41) is 9.85. The number of nitrogens with zero attached hydrogens (tertiary/aromatic N) is 1. The number of aliphatic carboxylic acids is 1. The largest absolute Gasteiger partial charge is 0.493 e. The lowest BCUT2D eigenvalue weighted by atomic mass is 9.87. The highest BCUT2D eigenvalue weighted by molar-refractivity contribution is 5.77. The van der Waals surface area contributed by atoms with Gasteiger partial charge in [0.15, 0.2) is 5.89 Å². The van der Waals surface area contributed by atoms with E-state index in [1.165, 1.54) is 26.2 Å². The van der Waals surface area contributed by atoms with Crippen LogP contribution in [-0.4, -0.2) is 34.9 Å². The molecule has 1 N–H and O–H groups in total. The molecule has 1 unspecified atom stereocenters. The fraction of sp³-hybridized carbons (Fsp3) is 0.500. The van der Waals surface area contributed by atoms with Crippen molar-refractivity contribution in [2.45, 2.75) is 90.1 Å². The lowest BCUT2D eigenvalue weighted by Crippen LogP contribution is -2.47. The quantitative estimate of drug-likeness (QED) is 0.276. The van der Waals surface area contributed by atoms with Gasteiger partial charge in [-0.15, -0.1) is 0 Å². The minimum Gasteiger partial charge on any atom is -0.493 e. The van der Waals surface area contributed by atoms with E-state index in [0.29, 0.717) is 36.2 Å². The van der Waals surface area contributed by atoms with Gasteiger partial charge < -0.3 is 23.7 Å². The van der Waals surface area contributed by atoms with Crippen molar-refractivity contribution in [2.75, 3.05) is 13.2 Å². The van der Waals surface area contributed by atoms with Crippen molar-refractivity contribution < 1.29 is 28.5 Å². The van der Waals surface area contributed by atoms with Gasteiger partial charge in [0.1, 0.15) is 29.6 Å². The number of benzene rings is 2. The Morgan fingerprint density at radius 3 is 2.10 bits per heavy atom. The normalized spacial score (nSPS) is 15.9. The third kappa shape index (κ3) is 7.55. The molecule has 1 saturated carbocycles. The Labute approximate surface area is 231 Å². The Morgan fingerprint density at radius 2 is 1.51 bits per heavy atom. The van der Waals surface area contributed by atoms with Crippen molar-refractivity contribution in [2.24, 2.45) is 0 Å². The highest BCUT2D eigenvalue weighted by Crippen LogP contribution is 2.33. The second-order valence-electron chi connectivity index (χ2n) is 11.7. The van der Waals surface area contributed by atoms with Gasteiger partial charge in [-0.3, -0.25) is 0 Å². The maximum atomic E-state index is 12.0. The van der Waals surface area contributed by atoms with E-state index in [9.17, 15) is 9.90 Å². The van der Waals surface area contributed by atoms with Gasteiger partial charge >= 0.3 is 5.97 Å². The molecule has 3 aromatic rings. The number of aromatic nitrogens is 1. The van der Waals surface area contributed by atoms with E-state index in [0.717, 1.165) is 35.7 Å². The average Bonchev–Trinajstić information content (AvgIpc) is 3.29. The number of carboxylic acids is 1. The minimum absolute atomic E-state index is 0.000753. The van der Waals surface area contributed by atoms with Crippen molar-refractivity contribution in [3.05, 3.63) is 71.4 Å². The third-order valence-electron chi connectivity index (χ3n) is 7.33. The fourth-order valence-corrected chi connectivity index (χ4v) is 4.74. The van der Waals surface area contributed by atoms with Crippen molar-refractivity contribution in [1.29, 1.82) is 0 Å². The second-order valence-corrected chi connectivity index (χ2v) is 11.7. The molecule has 1 aliphatic rings. The zero-order valence-corrected chi connectivity index (χ0v) is 23.8. The third-order valence-corrected chi connectivity index (χ3v) is 7.33. The molecule has 2 aromatic carbocycles. The molecule has 0 spiro atoms. The minimum atomic E-state index is -1.55. The number of ether oxygens (including phenoxy) is 3. The van der Waals surface area contributed by atoms with Crippen LogP contribution in [-0.2, 0) is 16.6 Å². The Morgan fingerprint density at radius 1 is 0.923 bits per heavy atom. The van der Waals surface area contributed by atoms with Crippen LogP contribution in [0.15, 0.2) is 52.9 Å². The van der Waals surface area contributed by atoms with Crippen molar-refractivity contribution in [3.63, 3.8) is 0 Å². The Bertz CT molecular complexity index is 1220. The van der Waals surface area contributed by atoms with Crippen LogP contribution in [0.4, 0.5) is 0 Å². The molecule has 0 amide bonds. The maximum absolute atomic E-state index is 12.0. The molecule has 210 valence electrons. The van der Waals surface area contributed by atoms with Gasteiger partial charge in [0, 0.05) is 12.3 Å². The van der Waals surface area contributed by atoms with Crippen LogP contribution < -0.4 is 14.2 Å². The van der Waals surface area contributed by atoms with Crippen LogP contribution in [0.2, 0.25) is 0 Å². The first-order chi connectivity index (χ1) is 18.5. The first-order valence-electron chi connectivity index (χ1n) is 13.9. The first kappa shape index (κ1) is 28.5. The SMILES string of the molecule is Cc1oc(C2CCCCC2)nc1CCOc1ccc(OCC(C)(Oc2ccc(C(C)(C)C)cc2)C(=O)O)cc1. The molecule has 1 atom stereocenters. The predicted octanol–water partition coefficient (Wildman–Crippen LogP) is 7.25. The molecule has 7 heteroatoms. The monoisotopic (exact) mass is 535 g/mol. The molecule has 1 aromatic heterocycles. The Kier molecular flexibility index (Phi) is 8.88. The van der Waals surface area contributed by atoms with Gasteiger partial charge in [-0.2, -0.15) is 0 Å². The van der Waals surface area contributed by atoms with E-state index < -0.39 is 11.6 Å². The van der Waals surface area contributed by atoms with E-state index in [-0.39, 0.29) is 12.0 Å². The molecule has 7 nitrogen and oxygen atoms in total. The zero-order valence-electron chi connectivity index (χ0n) is 23.8. The van der Waals surface area contributed by atoms with Crippen LogP contribution >= 0.6 is 0 Å². The number of carboxylic acid groups (broad SMARTS) is 1. The summed E-state index contributed by atoms with van der Waals surface area (Å²) < 4.78 is 23.5. The molecular weight excluding hydrogens is 494 g/mol. The highest BCUT2D eigenvalue weighted by atomic mass is 16.6. The molecule has 4 rings (SSSR count). The van der Waals surface area contributed by atoms with E-state index in [4.69, 9.17) is 23.6 Å². The van der Waals surface area contributed by atoms with Crippen molar-refractivity contribution in [3.8, 4) is 17.2 Å². The van der Waals surface area contributed by atoms with Crippen LogP contribution in [0.3, 0.4) is 0 Å². The summed E-state index contributed by atoms with van der Waals surface area (Å²) in [5.41, 5.74) is 0.549. The van der Waals surface area contributed by atoms with E-state index >= 15 is 0 Å². The lowest BCUT2D eigenvalue weighted by molar-refractivity contribution is -0.156. The van der Waals surface area contributed by atoms with Gasteiger partial charge in [0.2, 0.25) is 5.60 Å². The smallest absolute Gasteiger partial charge is 0.351 e. The molecule has 1 aliphatic carbocycles. The van der Waals surface area contributed by atoms with Crippen molar-refractivity contribution in [1.82, 2.24) is 4.98 Å². The average molecular weight is 536 g/mol. The summed E-state index contributed by atoms with van der Waals surface area (Å²) in [4.78, 5) is 16.8. The van der Waals surface area contributed by atoms with Gasteiger partial charge in [-0.25, -0.2) is 9.78 Å². The fourth-order valence-electron chi connectivity index (χ4n) is 4.74. The van der Waals surface area contributed by atoms with Crippen molar-refractivity contribution >= 4 is 5.97 Å². The molecular formula is C32H41NO6. The Hall–Kier alpha value is -3.48. The van der Waals surface area contributed by atoms with Gasteiger partial charge in [0.05, 0.1) is 12.3 Å².